The largest absolute Gasteiger partial charge is 0.508 e. The van der Waals surface area contributed by atoms with Crippen LogP contribution in [-0.4, -0.2) is 5.11 Å². The molecule has 0 radical (unpaired) electrons. The number of aromatic hydroxyl groups is 1. The Bertz CT molecular complexity index is 592. The van der Waals surface area contributed by atoms with Gasteiger partial charge in [-0.1, -0.05) is 30.3 Å². The van der Waals surface area contributed by atoms with E-state index in [0.29, 0.717) is 0 Å². The Kier molecular flexibility index (Phi) is 2.01. The van der Waals surface area contributed by atoms with Gasteiger partial charge >= 0.3 is 0 Å². The Hall–Kier alpha value is -2.16. The van der Waals surface area contributed by atoms with Crippen molar-refractivity contribution in [1.82, 2.24) is 0 Å². The van der Waals surface area contributed by atoms with Crippen molar-refractivity contribution >= 4 is 5.69 Å². The highest BCUT2D eigenvalue weighted by Crippen LogP contribution is 2.45. The van der Waals surface area contributed by atoms with Gasteiger partial charge in [-0.05, 0) is 30.7 Å². The minimum Gasteiger partial charge on any atom is -0.508 e. The third-order valence-electron chi connectivity index (χ3n) is 3.20. The van der Waals surface area contributed by atoms with Gasteiger partial charge in [0.2, 0.25) is 0 Å². The molecular weight excluding hydrogens is 212 g/mol. The van der Waals surface area contributed by atoms with Crippen LogP contribution in [0.3, 0.4) is 0 Å². The Labute approximate surface area is 99.5 Å². The highest BCUT2D eigenvalue weighted by molar-refractivity contribution is 5.58. The van der Waals surface area contributed by atoms with E-state index in [1.807, 2.05) is 37.3 Å². The van der Waals surface area contributed by atoms with E-state index >= 15 is 0 Å². The molecule has 1 heterocycles. The van der Waals surface area contributed by atoms with Crippen LogP contribution in [0.1, 0.15) is 18.1 Å². The quantitative estimate of drug-likeness (QED) is 0.787. The van der Waals surface area contributed by atoms with Gasteiger partial charge in [0.1, 0.15) is 11.3 Å². The fourth-order valence-electron chi connectivity index (χ4n) is 2.18. The molecule has 1 aliphatic heterocycles. The number of fused-ring (bicyclic) bond motifs is 1. The predicted molar refractivity (Wildman–Crippen MR) is 65.5 cm³/mol. The van der Waals surface area contributed by atoms with Crippen LogP contribution in [0.25, 0.3) is 0 Å². The van der Waals surface area contributed by atoms with Gasteiger partial charge in [-0.25, -0.2) is 0 Å². The molecule has 3 nitrogen and oxygen atoms in total. The molecule has 1 unspecified atom stereocenters. The van der Waals surface area contributed by atoms with Gasteiger partial charge in [0, 0.05) is 5.56 Å². The molecule has 0 fully saturated rings. The lowest BCUT2D eigenvalue weighted by Crippen LogP contribution is -2.17. The molecule has 2 aromatic rings. The molecule has 2 aromatic carbocycles. The van der Waals surface area contributed by atoms with Crippen molar-refractivity contribution in [1.29, 1.82) is 0 Å². The van der Waals surface area contributed by atoms with E-state index in [1.165, 1.54) is 0 Å². The van der Waals surface area contributed by atoms with Crippen LogP contribution in [0.5, 0.6) is 5.75 Å². The van der Waals surface area contributed by atoms with E-state index in [0.717, 1.165) is 16.8 Å². The zero-order chi connectivity index (χ0) is 11.9. The van der Waals surface area contributed by atoms with Gasteiger partial charge in [0.05, 0.1) is 5.69 Å². The number of rotatable bonds is 1. The second-order valence-corrected chi connectivity index (χ2v) is 4.34. The minimum atomic E-state index is -0.491. The molecule has 3 rings (SSSR count). The number of phenolic OH excluding ortho intramolecular Hbond substituents is 1. The van der Waals surface area contributed by atoms with Crippen LogP contribution in [-0.2, 0) is 5.54 Å². The van der Waals surface area contributed by atoms with E-state index in [1.54, 1.807) is 18.2 Å². The summed E-state index contributed by atoms with van der Waals surface area (Å²) in [5.74, 6) is 0.248. The maximum atomic E-state index is 9.59. The summed E-state index contributed by atoms with van der Waals surface area (Å²) in [5.41, 5.74) is 2.36. The molecular formula is C14H12N2O. The summed E-state index contributed by atoms with van der Waals surface area (Å²) >= 11 is 0. The molecule has 1 aliphatic rings. The van der Waals surface area contributed by atoms with Crippen LogP contribution in [0, 0.1) is 0 Å². The molecule has 1 atom stereocenters. The summed E-state index contributed by atoms with van der Waals surface area (Å²) in [7, 11) is 0. The lowest BCUT2D eigenvalue weighted by atomic mass is 9.85. The Morgan fingerprint density at radius 2 is 1.82 bits per heavy atom. The highest BCUT2D eigenvalue weighted by Gasteiger charge is 2.35. The first-order valence-corrected chi connectivity index (χ1v) is 5.52. The summed E-state index contributed by atoms with van der Waals surface area (Å²) < 4.78 is 0. The van der Waals surface area contributed by atoms with E-state index in [-0.39, 0.29) is 5.75 Å². The van der Waals surface area contributed by atoms with E-state index in [4.69, 9.17) is 0 Å². The zero-order valence-electron chi connectivity index (χ0n) is 9.46. The molecule has 0 spiro atoms. The second kappa shape index (κ2) is 3.42. The average molecular weight is 224 g/mol. The first-order valence-electron chi connectivity index (χ1n) is 5.52. The van der Waals surface area contributed by atoms with Crippen molar-refractivity contribution in [3.63, 3.8) is 0 Å². The number of azo groups is 1. The van der Waals surface area contributed by atoms with E-state index in [2.05, 4.69) is 10.2 Å². The lowest BCUT2D eigenvalue weighted by molar-refractivity contribution is 0.472. The third kappa shape index (κ3) is 1.43. The molecule has 0 bridgehead atoms. The SMILES string of the molecule is CC1(c2ccccc2)N=Nc2ccc(O)cc21. The maximum Gasteiger partial charge on any atom is 0.131 e. The zero-order valence-corrected chi connectivity index (χ0v) is 9.46. The summed E-state index contributed by atoms with van der Waals surface area (Å²) in [6.45, 7) is 2.01. The van der Waals surface area contributed by atoms with E-state index < -0.39 is 5.54 Å². The van der Waals surface area contributed by atoms with Crippen molar-refractivity contribution in [2.75, 3.05) is 0 Å². The molecule has 0 saturated heterocycles. The molecule has 3 heteroatoms. The number of nitrogens with zero attached hydrogens (tertiary/aromatic N) is 2. The summed E-state index contributed by atoms with van der Waals surface area (Å²) in [6, 6.07) is 15.2. The van der Waals surface area contributed by atoms with Crippen LogP contribution >= 0.6 is 0 Å². The van der Waals surface area contributed by atoms with Crippen molar-refractivity contribution < 1.29 is 5.11 Å². The maximum absolute atomic E-state index is 9.59. The number of hydrogen-bond donors (Lipinski definition) is 1. The summed E-state index contributed by atoms with van der Waals surface area (Å²) in [6.07, 6.45) is 0. The lowest BCUT2D eigenvalue weighted by Gasteiger charge is -2.21. The summed E-state index contributed by atoms with van der Waals surface area (Å²) in [4.78, 5) is 0. The van der Waals surface area contributed by atoms with Crippen LogP contribution in [0.15, 0.2) is 58.8 Å². The average Bonchev–Trinajstić information content (AvgIpc) is 2.70. The van der Waals surface area contributed by atoms with Gasteiger partial charge in [-0.2, -0.15) is 10.2 Å². The number of benzene rings is 2. The van der Waals surface area contributed by atoms with Crippen LogP contribution < -0.4 is 0 Å². The number of phenols is 1. The van der Waals surface area contributed by atoms with Gasteiger partial charge in [-0.3, -0.25) is 0 Å². The van der Waals surface area contributed by atoms with E-state index in [9.17, 15) is 5.11 Å². The first-order chi connectivity index (χ1) is 8.20. The standard InChI is InChI=1S/C14H12N2O/c1-14(10-5-3-2-4-6-10)12-9-11(17)7-8-13(12)15-16-14/h2-9,17H,1H3. The Morgan fingerprint density at radius 3 is 2.59 bits per heavy atom. The second-order valence-electron chi connectivity index (χ2n) is 4.34. The predicted octanol–water partition coefficient (Wildman–Crippen LogP) is 3.75. The fraction of sp³-hybridized carbons (Fsp3) is 0.143. The van der Waals surface area contributed by atoms with Gasteiger partial charge in [0.25, 0.3) is 0 Å². The highest BCUT2D eigenvalue weighted by atomic mass is 16.3. The van der Waals surface area contributed by atoms with Crippen molar-refractivity contribution in [2.45, 2.75) is 12.5 Å². The van der Waals surface area contributed by atoms with Gasteiger partial charge in [-0.15, -0.1) is 0 Å². The van der Waals surface area contributed by atoms with Gasteiger partial charge in [0.15, 0.2) is 0 Å². The molecule has 1 N–H and O–H groups in total. The monoisotopic (exact) mass is 224 g/mol. The smallest absolute Gasteiger partial charge is 0.131 e. The Morgan fingerprint density at radius 1 is 1.06 bits per heavy atom. The summed E-state index contributed by atoms with van der Waals surface area (Å²) in [5, 5.41) is 18.1. The minimum absolute atomic E-state index is 0.248. The van der Waals surface area contributed by atoms with Crippen molar-refractivity contribution in [2.24, 2.45) is 10.2 Å². The Balaban J connectivity index is 2.20. The molecule has 0 saturated carbocycles. The van der Waals surface area contributed by atoms with Crippen molar-refractivity contribution in [3.05, 3.63) is 59.7 Å². The van der Waals surface area contributed by atoms with Crippen LogP contribution in [0.2, 0.25) is 0 Å². The molecule has 84 valence electrons. The normalized spacial score (nSPS) is 21.5. The topological polar surface area (TPSA) is 45.0 Å². The molecule has 0 aliphatic carbocycles. The number of hydrogen-bond acceptors (Lipinski definition) is 3. The molecule has 0 aromatic heterocycles. The van der Waals surface area contributed by atoms with Crippen molar-refractivity contribution in [3.8, 4) is 5.75 Å². The third-order valence-corrected chi connectivity index (χ3v) is 3.20. The fourth-order valence-corrected chi connectivity index (χ4v) is 2.18. The van der Waals surface area contributed by atoms with Gasteiger partial charge < -0.3 is 5.11 Å². The first kappa shape index (κ1) is 10.0. The van der Waals surface area contributed by atoms with Crippen LogP contribution in [0.4, 0.5) is 5.69 Å². The molecule has 17 heavy (non-hydrogen) atoms. The molecule has 0 amide bonds.